The Labute approximate surface area is 219 Å². The van der Waals surface area contributed by atoms with Crippen molar-refractivity contribution in [3.63, 3.8) is 0 Å². The van der Waals surface area contributed by atoms with Gasteiger partial charge >= 0.3 is 0 Å². The predicted octanol–water partition coefficient (Wildman–Crippen LogP) is 4.61. The molecule has 2 aromatic heterocycles. The molecule has 0 bridgehead atoms. The third-order valence-corrected chi connectivity index (χ3v) is 6.15. The van der Waals surface area contributed by atoms with Crippen LogP contribution in [0.2, 0.25) is 0 Å². The van der Waals surface area contributed by atoms with E-state index < -0.39 is 46.1 Å². The first-order valence-corrected chi connectivity index (χ1v) is 11.5. The smallest absolute Gasteiger partial charge is 0.257 e. The number of nitrogens with one attached hydrogen (secondary N) is 2. The monoisotopic (exact) mass is 539 g/mol. The molecular weight excluding hydrogens is 519 g/mol. The van der Waals surface area contributed by atoms with Crippen LogP contribution in [0, 0.1) is 22.9 Å². The minimum atomic E-state index is -1.46. The summed E-state index contributed by atoms with van der Waals surface area (Å²) in [4.78, 5) is 37.9. The molecule has 0 aliphatic heterocycles. The lowest BCUT2D eigenvalue weighted by Crippen LogP contribution is -2.35. The maximum Gasteiger partial charge on any atom is 0.257 e. The van der Waals surface area contributed by atoms with Crippen molar-refractivity contribution in [3.05, 3.63) is 66.2 Å². The van der Waals surface area contributed by atoms with Gasteiger partial charge in [0.25, 0.3) is 5.88 Å². The molecule has 39 heavy (non-hydrogen) atoms. The van der Waals surface area contributed by atoms with Gasteiger partial charge in [-0.3, -0.25) is 9.59 Å². The third kappa shape index (κ3) is 4.85. The van der Waals surface area contributed by atoms with Gasteiger partial charge in [0.15, 0.2) is 22.8 Å². The summed E-state index contributed by atoms with van der Waals surface area (Å²) in [7, 11) is 2.80. The van der Waals surface area contributed by atoms with Gasteiger partial charge in [0, 0.05) is 11.8 Å². The van der Waals surface area contributed by atoms with E-state index in [0.29, 0.717) is 17.0 Å². The van der Waals surface area contributed by atoms with Crippen LogP contribution in [0.15, 0.2) is 48.8 Å². The lowest BCUT2D eigenvalue weighted by Gasteiger charge is -2.16. The topological polar surface area (TPSA) is 125 Å². The summed E-state index contributed by atoms with van der Waals surface area (Å²) in [5.74, 6) is -5.03. The maximum atomic E-state index is 15.0. The van der Waals surface area contributed by atoms with Crippen molar-refractivity contribution in [3.8, 4) is 23.3 Å². The van der Waals surface area contributed by atoms with E-state index in [9.17, 15) is 22.8 Å². The van der Waals surface area contributed by atoms with Crippen LogP contribution >= 0.6 is 0 Å². The minimum absolute atomic E-state index is 0.104. The zero-order valence-corrected chi connectivity index (χ0v) is 20.5. The Morgan fingerprint density at radius 2 is 1.56 bits per heavy atom. The molecule has 200 valence electrons. The van der Waals surface area contributed by atoms with E-state index in [0.717, 1.165) is 30.6 Å². The number of rotatable bonds is 8. The Kier molecular flexibility index (Phi) is 6.64. The first kappa shape index (κ1) is 25.7. The number of benzene rings is 2. The molecule has 1 aliphatic carbocycles. The third-order valence-electron chi connectivity index (χ3n) is 6.15. The number of pyridine rings is 1. The van der Waals surface area contributed by atoms with E-state index in [2.05, 4.69) is 25.6 Å². The van der Waals surface area contributed by atoms with Gasteiger partial charge in [-0.1, -0.05) is 0 Å². The lowest BCUT2D eigenvalue weighted by atomic mass is 10.0. The van der Waals surface area contributed by atoms with Crippen LogP contribution in [0.3, 0.4) is 0 Å². The molecule has 0 atom stereocenters. The molecule has 2 heterocycles. The molecular formula is C26H20F3N5O5. The van der Waals surface area contributed by atoms with Crippen molar-refractivity contribution in [1.29, 1.82) is 0 Å². The van der Waals surface area contributed by atoms with Gasteiger partial charge in [-0.2, -0.15) is 9.37 Å². The molecule has 1 aliphatic rings. The quantitative estimate of drug-likeness (QED) is 0.311. The van der Waals surface area contributed by atoms with Crippen LogP contribution in [-0.2, 0) is 9.59 Å². The van der Waals surface area contributed by atoms with Gasteiger partial charge in [-0.05, 0) is 49.2 Å². The number of aromatic nitrogens is 3. The number of methoxy groups -OCH3 is 2. The fourth-order valence-corrected chi connectivity index (χ4v) is 3.82. The van der Waals surface area contributed by atoms with Crippen LogP contribution in [0.5, 0.6) is 23.3 Å². The highest BCUT2D eigenvalue weighted by atomic mass is 19.2. The van der Waals surface area contributed by atoms with Crippen LogP contribution in [0.4, 0.5) is 24.5 Å². The van der Waals surface area contributed by atoms with E-state index >= 15 is 0 Å². The summed E-state index contributed by atoms with van der Waals surface area (Å²) in [6.45, 7) is 0. The average molecular weight is 539 g/mol. The van der Waals surface area contributed by atoms with Crippen molar-refractivity contribution in [2.75, 3.05) is 24.9 Å². The number of carbonyl (C=O) groups excluding carboxylic acids is 2. The number of ether oxygens (including phenoxy) is 3. The summed E-state index contributed by atoms with van der Waals surface area (Å²) in [5, 5.41) is 4.82. The number of anilines is 2. The largest absolute Gasteiger partial charge is 0.491 e. The summed E-state index contributed by atoms with van der Waals surface area (Å²) >= 11 is 0. The Balaban J connectivity index is 1.35. The van der Waals surface area contributed by atoms with Gasteiger partial charge in [-0.15, -0.1) is 0 Å². The molecule has 0 saturated heterocycles. The number of hydrogen-bond donors (Lipinski definition) is 2. The van der Waals surface area contributed by atoms with Gasteiger partial charge < -0.3 is 24.8 Å². The molecule has 2 amide bonds. The molecule has 0 spiro atoms. The number of amides is 2. The first-order chi connectivity index (χ1) is 18.8. The highest BCUT2D eigenvalue weighted by Crippen LogP contribution is 2.48. The highest BCUT2D eigenvalue weighted by Gasteiger charge is 2.56. The van der Waals surface area contributed by atoms with Gasteiger partial charge in [0.2, 0.25) is 23.5 Å². The van der Waals surface area contributed by atoms with Crippen LogP contribution < -0.4 is 24.8 Å². The van der Waals surface area contributed by atoms with Crippen LogP contribution in [0.25, 0.3) is 11.0 Å². The summed E-state index contributed by atoms with van der Waals surface area (Å²) in [6, 6.07) is 8.72. The van der Waals surface area contributed by atoms with Crippen molar-refractivity contribution in [2.24, 2.45) is 5.41 Å². The zero-order valence-electron chi connectivity index (χ0n) is 20.5. The normalized spacial score (nSPS) is 13.5. The Bertz CT molecular complexity index is 1600. The second kappa shape index (κ2) is 10.1. The molecule has 0 radical (unpaired) electrons. The predicted molar refractivity (Wildman–Crippen MR) is 132 cm³/mol. The SMILES string of the molecule is COc1cc2ncnc(Oc3ccc(NC(=O)C4(C(=O)Nc5ccc(F)cc5)CC4)c(F)c3F)c2nc1OC. The van der Waals surface area contributed by atoms with Gasteiger partial charge in [0.1, 0.15) is 23.1 Å². The van der Waals surface area contributed by atoms with Crippen molar-refractivity contribution in [2.45, 2.75) is 12.8 Å². The molecule has 13 heteroatoms. The van der Waals surface area contributed by atoms with E-state index in [1.165, 1.54) is 32.4 Å². The van der Waals surface area contributed by atoms with Crippen LogP contribution in [0.1, 0.15) is 12.8 Å². The van der Waals surface area contributed by atoms with E-state index in [1.54, 1.807) is 0 Å². The van der Waals surface area contributed by atoms with E-state index in [1.807, 2.05) is 0 Å². The Hall–Kier alpha value is -4.94. The minimum Gasteiger partial charge on any atom is -0.491 e. The van der Waals surface area contributed by atoms with E-state index in [-0.39, 0.29) is 30.1 Å². The first-order valence-electron chi connectivity index (χ1n) is 11.5. The van der Waals surface area contributed by atoms with E-state index in [4.69, 9.17) is 14.2 Å². The molecule has 0 unspecified atom stereocenters. The molecule has 2 N–H and O–H groups in total. The number of hydrogen-bond acceptors (Lipinski definition) is 8. The average Bonchev–Trinajstić information content (AvgIpc) is 3.76. The van der Waals surface area contributed by atoms with Crippen molar-refractivity contribution in [1.82, 2.24) is 15.0 Å². The fourth-order valence-electron chi connectivity index (χ4n) is 3.82. The number of fused-ring (bicyclic) bond motifs is 1. The molecule has 5 rings (SSSR count). The molecule has 1 fully saturated rings. The second-order valence-corrected chi connectivity index (χ2v) is 8.58. The number of halogens is 3. The molecule has 10 nitrogen and oxygen atoms in total. The van der Waals surface area contributed by atoms with Gasteiger partial charge in [-0.25, -0.2) is 18.7 Å². The number of carbonyl (C=O) groups is 2. The standard InChI is InChI=1S/C26H20F3N5O5/c1-37-18-11-16-21(34-22(18)38-2)23(31-12-30-16)39-17-8-7-15(19(28)20(17)29)33-25(36)26(9-10-26)24(35)32-14-5-3-13(27)4-6-14/h3-8,11-12H,9-10H2,1-2H3,(H,32,35)(H,33,36). The zero-order chi connectivity index (χ0) is 27.7. The maximum absolute atomic E-state index is 15.0. The van der Waals surface area contributed by atoms with Crippen molar-refractivity contribution >= 4 is 34.2 Å². The summed E-state index contributed by atoms with van der Waals surface area (Å²) in [6.07, 6.45) is 1.57. The second-order valence-electron chi connectivity index (χ2n) is 8.58. The molecule has 4 aromatic rings. The van der Waals surface area contributed by atoms with Crippen LogP contribution in [-0.4, -0.2) is 41.0 Å². The molecule has 2 aromatic carbocycles. The number of nitrogens with zero attached hydrogens (tertiary/aromatic N) is 3. The highest BCUT2D eigenvalue weighted by molar-refractivity contribution is 6.16. The van der Waals surface area contributed by atoms with Gasteiger partial charge in [0.05, 0.1) is 19.9 Å². The Morgan fingerprint density at radius 1 is 0.846 bits per heavy atom. The summed E-state index contributed by atoms with van der Waals surface area (Å²) in [5.41, 5.74) is -1.24. The molecule has 1 saturated carbocycles. The Morgan fingerprint density at radius 3 is 2.23 bits per heavy atom. The summed E-state index contributed by atoms with van der Waals surface area (Å²) < 4.78 is 58.9. The van der Waals surface area contributed by atoms with Crippen molar-refractivity contribution < 1.29 is 37.0 Å². The fraction of sp³-hybridized carbons (Fsp3) is 0.192. The lowest BCUT2D eigenvalue weighted by molar-refractivity contribution is -0.131.